The Morgan fingerprint density at radius 2 is 1.57 bits per heavy atom. The highest BCUT2D eigenvalue weighted by atomic mass is 32.2. The largest absolute Gasteiger partial charge is 0.497 e. The maximum absolute atomic E-state index is 13.6. The number of aliphatic imine (C=N–C) groups is 1. The SMILES string of the molecule is COc1ccc(-n2c(C)ccc2/C=C2\SC(=Nc3ccccc3)N(Cc3ccccc3)C2=O)cc1. The Hall–Kier alpha value is -4.03. The van der Waals surface area contributed by atoms with Crippen molar-refractivity contribution >= 4 is 34.6 Å². The minimum Gasteiger partial charge on any atom is -0.497 e. The number of ether oxygens (including phenoxy) is 1. The summed E-state index contributed by atoms with van der Waals surface area (Å²) in [5, 5.41) is 0.676. The number of amidine groups is 1. The fraction of sp³-hybridized carbons (Fsp3) is 0.103. The highest BCUT2D eigenvalue weighted by molar-refractivity contribution is 8.18. The molecule has 1 aromatic heterocycles. The minimum absolute atomic E-state index is 0.0475. The van der Waals surface area contributed by atoms with Gasteiger partial charge in [0.2, 0.25) is 0 Å². The normalized spacial score (nSPS) is 15.8. The van der Waals surface area contributed by atoms with Gasteiger partial charge >= 0.3 is 0 Å². The molecule has 4 aromatic rings. The van der Waals surface area contributed by atoms with Crippen LogP contribution in [0.4, 0.5) is 5.69 Å². The second-order valence-corrected chi connectivity index (χ2v) is 9.16. The van der Waals surface area contributed by atoms with E-state index in [4.69, 9.17) is 9.73 Å². The Kier molecular flexibility index (Phi) is 6.55. The Bertz CT molecular complexity index is 1390. The van der Waals surface area contributed by atoms with Gasteiger partial charge in [-0.05, 0) is 78.9 Å². The number of rotatable bonds is 6. The van der Waals surface area contributed by atoms with Crippen molar-refractivity contribution in [3.63, 3.8) is 0 Å². The Morgan fingerprint density at radius 1 is 0.886 bits per heavy atom. The monoisotopic (exact) mass is 479 g/mol. The van der Waals surface area contributed by atoms with Gasteiger partial charge in [-0.15, -0.1) is 0 Å². The van der Waals surface area contributed by atoms with Gasteiger partial charge in [0.05, 0.1) is 24.2 Å². The minimum atomic E-state index is -0.0475. The lowest BCUT2D eigenvalue weighted by Gasteiger charge is -2.15. The molecule has 0 atom stereocenters. The summed E-state index contributed by atoms with van der Waals surface area (Å²) in [6, 6.07) is 31.7. The number of nitrogens with zero attached hydrogens (tertiary/aromatic N) is 3. The lowest BCUT2D eigenvalue weighted by molar-refractivity contribution is -0.122. The average molecular weight is 480 g/mol. The van der Waals surface area contributed by atoms with Crippen LogP contribution in [0.1, 0.15) is 17.0 Å². The van der Waals surface area contributed by atoms with Gasteiger partial charge in [-0.2, -0.15) is 0 Å². The van der Waals surface area contributed by atoms with Crippen molar-refractivity contribution in [1.82, 2.24) is 9.47 Å². The molecule has 5 rings (SSSR count). The molecule has 1 aliphatic rings. The molecule has 2 heterocycles. The van der Waals surface area contributed by atoms with Crippen molar-refractivity contribution in [3.8, 4) is 11.4 Å². The zero-order valence-electron chi connectivity index (χ0n) is 19.6. The predicted octanol–water partition coefficient (Wildman–Crippen LogP) is 6.60. The van der Waals surface area contributed by atoms with E-state index >= 15 is 0 Å². The first-order valence-electron chi connectivity index (χ1n) is 11.3. The van der Waals surface area contributed by atoms with E-state index in [2.05, 4.69) is 17.6 Å². The molecule has 5 nitrogen and oxygen atoms in total. The van der Waals surface area contributed by atoms with E-state index in [1.807, 2.05) is 97.1 Å². The molecular weight excluding hydrogens is 454 g/mol. The lowest BCUT2D eigenvalue weighted by atomic mass is 10.2. The molecule has 3 aromatic carbocycles. The molecule has 0 aliphatic carbocycles. The van der Waals surface area contributed by atoms with Crippen molar-refractivity contribution in [2.45, 2.75) is 13.5 Å². The summed E-state index contributed by atoms with van der Waals surface area (Å²) in [4.78, 5) is 20.8. The number of carbonyl (C=O) groups is 1. The molecule has 0 bridgehead atoms. The average Bonchev–Trinajstić information content (AvgIpc) is 3.40. The van der Waals surface area contributed by atoms with E-state index in [0.717, 1.165) is 34.1 Å². The van der Waals surface area contributed by atoms with Crippen molar-refractivity contribution in [3.05, 3.63) is 119 Å². The third-order valence-corrected chi connectivity index (χ3v) is 6.77. The van der Waals surface area contributed by atoms with E-state index in [1.54, 1.807) is 12.0 Å². The first-order valence-corrected chi connectivity index (χ1v) is 12.2. The molecule has 0 unspecified atom stereocenters. The summed E-state index contributed by atoms with van der Waals surface area (Å²) < 4.78 is 7.44. The van der Waals surface area contributed by atoms with Crippen LogP contribution >= 0.6 is 11.8 Å². The van der Waals surface area contributed by atoms with Gasteiger partial charge in [0.1, 0.15) is 5.75 Å². The van der Waals surface area contributed by atoms with Crippen LogP contribution in [0.5, 0.6) is 5.75 Å². The maximum atomic E-state index is 13.6. The van der Waals surface area contributed by atoms with Crippen LogP contribution in [0.2, 0.25) is 0 Å². The molecule has 0 spiro atoms. The topological polar surface area (TPSA) is 46.8 Å². The number of carbonyl (C=O) groups excluding carboxylic acids is 1. The Morgan fingerprint density at radius 3 is 2.26 bits per heavy atom. The van der Waals surface area contributed by atoms with Crippen molar-refractivity contribution < 1.29 is 9.53 Å². The summed E-state index contributed by atoms with van der Waals surface area (Å²) >= 11 is 1.41. The highest BCUT2D eigenvalue weighted by Crippen LogP contribution is 2.36. The number of aromatic nitrogens is 1. The van der Waals surface area contributed by atoms with E-state index in [0.29, 0.717) is 16.6 Å². The van der Waals surface area contributed by atoms with Gasteiger partial charge < -0.3 is 9.30 Å². The number of hydrogen-bond donors (Lipinski definition) is 0. The molecule has 1 fully saturated rings. The summed E-state index contributed by atoms with van der Waals surface area (Å²) in [6.45, 7) is 2.52. The van der Waals surface area contributed by atoms with E-state index in [9.17, 15) is 4.79 Å². The number of amides is 1. The molecule has 1 aliphatic heterocycles. The maximum Gasteiger partial charge on any atom is 0.267 e. The van der Waals surface area contributed by atoms with Crippen LogP contribution in [0.3, 0.4) is 0 Å². The standard InChI is InChI=1S/C29H25N3O2S/c1-21-13-14-25(32(21)24-15-17-26(34-2)18-16-24)19-27-28(33)31(20-22-9-5-3-6-10-22)29(35-27)30-23-11-7-4-8-12-23/h3-19H,20H2,1-2H3/b27-19-,30-29?. The summed E-state index contributed by atoms with van der Waals surface area (Å²) in [6.07, 6.45) is 1.95. The second-order valence-electron chi connectivity index (χ2n) is 8.15. The van der Waals surface area contributed by atoms with E-state index in [1.165, 1.54) is 11.8 Å². The number of thioether (sulfide) groups is 1. The first kappa shape index (κ1) is 22.7. The van der Waals surface area contributed by atoms with Crippen LogP contribution < -0.4 is 4.74 Å². The van der Waals surface area contributed by atoms with Gasteiger partial charge in [-0.25, -0.2) is 4.99 Å². The second kappa shape index (κ2) is 10.1. The molecule has 6 heteroatoms. The molecule has 1 amide bonds. The van der Waals surface area contributed by atoms with E-state index in [-0.39, 0.29) is 5.91 Å². The zero-order chi connectivity index (χ0) is 24.2. The van der Waals surface area contributed by atoms with Crippen LogP contribution in [0, 0.1) is 6.92 Å². The molecule has 174 valence electrons. The van der Waals surface area contributed by atoms with Crippen LogP contribution in [0.25, 0.3) is 11.8 Å². The molecule has 0 N–H and O–H groups in total. The fourth-order valence-corrected chi connectivity index (χ4v) is 4.98. The van der Waals surface area contributed by atoms with Gasteiger partial charge in [0, 0.05) is 17.1 Å². The van der Waals surface area contributed by atoms with Crippen LogP contribution in [-0.4, -0.2) is 27.7 Å². The van der Waals surface area contributed by atoms with Gasteiger partial charge in [-0.3, -0.25) is 9.69 Å². The van der Waals surface area contributed by atoms with Crippen molar-refractivity contribution in [1.29, 1.82) is 0 Å². The summed E-state index contributed by atoms with van der Waals surface area (Å²) in [5.41, 5.74) is 4.90. The van der Waals surface area contributed by atoms with Crippen LogP contribution in [0.15, 0.2) is 107 Å². The summed E-state index contributed by atoms with van der Waals surface area (Å²) in [7, 11) is 1.66. The van der Waals surface area contributed by atoms with E-state index < -0.39 is 0 Å². The van der Waals surface area contributed by atoms with Gasteiger partial charge in [0.25, 0.3) is 5.91 Å². The lowest BCUT2D eigenvalue weighted by Crippen LogP contribution is -2.28. The Balaban J connectivity index is 1.52. The number of aryl methyl sites for hydroxylation is 1. The Labute approximate surface area is 209 Å². The number of para-hydroxylation sites is 1. The highest BCUT2D eigenvalue weighted by Gasteiger charge is 2.33. The van der Waals surface area contributed by atoms with Crippen molar-refractivity contribution in [2.75, 3.05) is 7.11 Å². The quantitative estimate of drug-likeness (QED) is 0.293. The number of methoxy groups -OCH3 is 1. The number of benzene rings is 3. The third kappa shape index (κ3) is 4.93. The summed E-state index contributed by atoms with van der Waals surface area (Å²) in [5.74, 6) is 0.756. The van der Waals surface area contributed by atoms with Gasteiger partial charge in [0.15, 0.2) is 5.17 Å². The smallest absolute Gasteiger partial charge is 0.267 e. The molecular formula is C29H25N3O2S. The molecule has 0 saturated carbocycles. The predicted molar refractivity (Wildman–Crippen MR) is 143 cm³/mol. The van der Waals surface area contributed by atoms with Crippen molar-refractivity contribution in [2.24, 2.45) is 4.99 Å². The fourth-order valence-electron chi connectivity index (χ4n) is 4.00. The molecule has 35 heavy (non-hydrogen) atoms. The third-order valence-electron chi connectivity index (χ3n) is 5.77. The number of hydrogen-bond acceptors (Lipinski definition) is 4. The van der Waals surface area contributed by atoms with Crippen LogP contribution in [-0.2, 0) is 11.3 Å². The zero-order valence-corrected chi connectivity index (χ0v) is 20.4. The van der Waals surface area contributed by atoms with Gasteiger partial charge in [-0.1, -0.05) is 48.5 Å². The molecule has 1 saturated heterocycles. The molecule has 0 radical (unpaired) electrons. The first-order chi connectivity index (χ1) is 17.1.